The van der Waals surface area contributed by atoms with Crippen molar-refractivity contribution in [3.8, 4) is 0 Å². The van der Waals surface area contributed by atoms with Crippen LogP contribution in [0.4, 0.5) is 0 Å². The molecule has 0 saturated heterocycles. The van der Waals surface area contributed by atoms with Crippen molar-refractivity contribution in [2.24, 2.45) is 7.05 Å². The lowest BCUT2D eigenvalue weighted by atomic mass is 10.3. The van der Waals surface area contributed by atoms with Gasteiger partial charge in [0.25, 0.3) is 0 Å². The molecule has 0 aliphatic heterocycles. The number of para-hydroxylation sites is 2. The summed E-state index contributed by atoms with van der Waals surface area (Å²) >= 11 is 0. The van der Waals surface area contributed by atoms with Gasteiger partial charge in [0.15, 0.2) is 11.9 Å². The summed E-state index contributed by atoms with van der Waals surface area (Å²) in [7, 11) is 1.93. The molecule has 0 aliphatic carbocycles. The number of rotatable bonds is 4. The minimum absolute atomic E-state index is 0.382. The van der Waals surface area contributed by atoms with Gasteiger partial charge in [0, 0.05) is 13.6 Å². The fourth-order valence-electron chi connectivity index (χ4n) is 2.75. The van der Waals surface area contributed by atoms with Gasteiger partial charge >= 0.3 is 5.97 Å². The third-order valence-corrected chi connectivity index (χ3v) is 3.88. The van der Waals surface area contributed by atoms with Gasteiger partial charge in [0.05, 0.1) is 16.7 Å². The Hall–Kier alpha value is -2.63. The highest BCUT2D eigenvalue weighted by Crippen LogP contribution is 2.22. The lowest BCUT2D eigenvalue weighted by Crippen LogP contribution is -2.16. The van der Waals surface area contributed by atoms with Gasteiger partial charge in [-0.25, -0.2) is 9.78 Å². The fourth-order valence-corrected chi connectivity index (χ4v) is 2.75. The lowest BCUT2D eigenvalue weighted by molar-refractivity contribution is 0.0301. The van der Waals surface area contributed by atoms with Crippen molar-refractivity contribution in [2.75, 3.05) is 0 Å². The number of aryl methyl sites for hydroxylation is 3. The molecule has 0 amide bonds. The minimum Gasteiger partial charge on any atom is -0.450 e. The van der Waals surface area contributed by atoms with E-state index in [2.05, 4.69) is 10.1 Å². The summed E-state index contributed by atoms with van der Waals surface area (Å²) < 4.78 is 9.21. The van der Waals surface area contributed by atoms with Crippen LogP contribution in [0.25, 0.3) is 11.0 Å². The number of esters is 1. The van der Waals surface area contributed by atoms with Crippen LogP contribution in [0.3, 0.4) is 0 Å². The Labute approximate surface area is 134 Å². The van der Waals surface area contributed by atoms with E-state index in [1.807, 2.05) is 56.7 Å². The molecule has 2 heterocycles. The first-order valence-electron chi connectivity index (χ1n) is 7.68. The van der Waals surface area contributed by atoms with Crippen LogP contribution < -0.4 is 0 Å². The van der Waals surface area contributed by atoms with Gasteiger partial charge in [-0.1, -0.05) is 12.1 Å². The molecule has 0 fully saturated rings. The van der Waals surface area contributed by atoms with E-state index in [0.29, 0.717) is 12.2 Å². The van der Waals surface area contributed by atoms with Crippen molar-refractivity contribution < 1.29 is 9.53 Å². The predicted octanol–water partition coefficient (Wildman–Crippen LogP) is 3.02. The number of carbonyl (C=O) groups is 1. The first-order chi connectivity index (χ1) is 11.0. The standard InChI is InChI=1S/C17H20N4O2/c1-5-21-15(10-11(2)19-21)17(22)23-12(3)16-18-13-8-6-7-9-14(13)20(16)4/h6-10,12H,5H2,1-4H3/t12-/m1/s1. The van der Waals surface area contributed by atoms with E-state index >= 15 is 0 Å². The number of nitrogens with zero attached hydrogens (tertiary/aromatic N) is 4. The summed E-state index contributed by atoms with van der Waals surface area (Å²) in [6, 6.07) is 9.59. The molecule has 0 unspecified atom stereocenters. The molecule has 23 heavy (non-hydrogen) atoms. The maximum absolute atomic E-state index is 12.4. The summed E-state index contributed by atoms with van der Waals surface area (Å²) in [4.78, 5) is 17.0. The highest BCUT2D eigenvalue weighted by Gasteiger charge is 2.21. The second-order valence-electron chi connectivity index (χ2n) is 5.55. The van der Waals surface area contributed by atoms with Crippen molar-refractivity contribution in [3.63, 3.8) is 0 Å². The van der Waals surface area contributed by atoms with E-state index in [9.17, 15) is 4.79 Å². The third-order valence-electron chi connectivity index (χ3n) is 3.88. The first-order valence-corrected chi connectivity index (χ1v) is 7.68. The van der Waals surface area contributed by atoms with Gasteiger partial charge in [0.1, 0.15) is 5.69 Å². The van der Waals surface area contributed by atoms with Crippen LogP contribution in [0.5, 0.6) is 0 Å². The number of hydrogen-bond acceptors (Lipinski definition) is 4. The van der Waals surface area contributed by atoms with Crippen LogP contribution in [0.1, 0.15) is 42.0 Å². The number of fused-ring (bicyclic) bond motifs is 1. The maximum atomic E-state index is 12.4. The minimum atomic E-state index is -0.444. The molecule has 3 aromatic rings. The molecule has 0 radical (unpaired) electrons. The van der Waals surface area contributed by atoms with Gasteiger partial charge in [-0.3, -0.25) is 4.68 Å². The van der Waals surface area contributed by atoms with Crippen molar-refractivity contribution in [1.82, 2.24) is 19.3 Å². The molecule has 2 aromatic heterocycles. The van der Waals surface area contributed by atoms with Crippen LogP contribution in [0, 0.1) is 6.92 Å². The Morgan fingerprint density at radius 2 is 2.09 bits per heavy atom. The van der Waals surface area contributed by atoms with Crippen LogP contribution in [-0.2, 0) is 18.3 Å². The molecule has 0 N–H and O–H groups in total. The molecule has 1 atom stereocenters. The van der Waals surface area contributed by atoms with E-state index in [-0.39, 0.29) is 5.97 Å². The molecule has 6 nitrogen and oxygen atoms in total. The number of hydrogen-bond donors (Lipinski definition) is 0. The Kier molecular flexibility index (Phi) is 3.90. The first kappa shape index (κ1) is 15.3. The van der Waals surface area contributed by atoms with E-state index in [4.69, 9.17) is 4.74 Å². The van der Waals surface area contributed by atoms with Gasteiger partial charge in [-0.2, -0.15) is 5.10 Å². The number of imidazole rings is 1. The zero-order valence-electron chi connectivity index (χ0n) is 13.8. The molecular formula is C17H20N4O2. The van der Waals surface area contributed by atoms with E-state index in [1.54, 1.807) is 10.7 Å². The Morgan fingerprint density at radius 1 is 1.35 bits per heavy atom. The van der Waals surface area contributed by atoms with Crippen molar-refractivity contribution >= 4 is 17.0 Å². The zero-order chi connectivity index (χ0) is 16.6. The summed E-state index contributed by atoms with van der Waals surface area (Å²) in [5.74, 6) is 0.339. The second-order valence-corrected chi connectivity index (χ2v) is 5.55. The predicted molar refractivity (Wildman–Crippen MR) is 87.2 cm³/mol. The Bertz CT molecular complexity index is 863. The molecular weight excluding hydrogens is 292 g/mol. The largest absolute Gasteiger partial charge is 0.450 e. The summed E-state index contributed by atoms with van der Waals surface area (Å²) in [5, 5.41) is 4.28. The molecule has 6 heteroatoms. The van der Waals surface area contributed by atoms with E-state index < -0.39 is 6.10 Å². The summed E-state index contributed by atoms with van der Waals surface area (Å²) in [6.07, 6.45) is -0.444. The number of benzene rings is 1. The smallest absolute Gasteiger partial charge is 0.357 e. The topological polar surface area (TPSA) is 61.9 Å². The average Bonchev–Trinajstić information content (AvgIpc) is 3.08. The van der Waals surface area contributed by atoms with Crippen LogP contribution in [-0.4, -0.2) is 25.3 Å². The van der Waals surface area contributed by atoms with Crippen molar-refractivity contribution in [2.45, 2.75) is 33.4 Å². The van der Waals surface area contributed by atoms with Crippen molar-refractivity contribution in [3.05, 3.63) is 47.5 Å². The van der Waals surface area contributed by atoms with Crippen LogP contribution in [0.2, 0.25) is 0 Å². The monoisotopic (exact) mass is 312 g/mol. The van der Waals surface area contributed by atoms with Crippen LogP contribution in [0.15, 0.2) is 30.3 Å². The van der Waals surface area contributed by atoms with Crippen molar-refractivity contribution in [1.29, 1.82) is 0 Å². The van der Waals surface area contributed by atoms with Crippen LogP contribution >= 0.6 is 0 Å². The van der Waals surface area contributed by atoms with Gasteiger partial charge in [0.2, 0.25) is 0 Å². The summed E-state index contributed by atoms with van der Waals surface area (Å²) in [5.41, 5.74) is 3.17. The Balaban J connectivity index is 1.86. The molecule has 1 aromatic carbocycles. The molecule has 0 bridgehead atoms. The lowest BCUT2D eigenvalue weighted by Gasteiger charge is -2.13. The SMILES string of the molecule is CCn1nc(C)cc1C(=O)O[C@H](C)c1nc2ccccc2n1C. The fraction of sp³-hybridized carbons (Fsp3) is 0.353. The highest BCUT2D eigenvalue weighted by atomic mass is 16.5. The third kappa shape index (κ3) is 2.72. The summed E-state index contributed by atoms with van der Waals surface area (Å²) in [6.45, 7) is 6.26. The van der Waals surface area contributed by atoms with E-state index in [0.717, 1.165) is 22.6 Å². The number of aromatic nitrogens is 4. The van der Waals surface area contributed by atoms with Gasteiger partial charge in [-0.15, -0.1) is 0 Å². The molecule has 120 valence electrons. The molecule has 0 saturated carbocycles. The maximum Gasteiger partial charge on any atom is 0.357 e. The zero-order valence-corrected chi connectivity index (χ0v) is 13.8. The number of ether oxygens (including phenoxy) is 1. The van der Waals surface area contributed by atoms with Gasteiger partial charge < -0.3 is 9.30 Å². The number of carbonyl (C=O) groups excluding carboxylic acids is 1. The normalized spacial score (nSPS) is 12.5. The quantitative estimate of drug-likeness (QED) is 0.695. The second kappa shape index (κ2) is 5.87. The van der Waals surface area contributed by atoms with Gasteiger partial charge in [-0.05, 0) is 39.0 Å². The average molecular weight is 312 g/mol. The highest BCUT2D eigenvalue weighted by molar-refractivity contribution is 5.88. The Morgan fingerprint density at radius 3 is 2.78 bits per heavy atom. The van der Waals surface area contributed by atoms with E-state index in [1.165, 1.54) is 0 Å². The molecule has 0 aliphatic rings. The molecule has 0 spiro atoms. The molecule has 3 rings (SSSR count).